The summed E-state index contributed by atoms with van der Waals surface area (Å²) in [4.78, 5) is 2.07. The summed E-state index contributed by atoms with van der Waals surface area (Å²) in [5.41, 5.74) is 1.08. The zero-order chi connectivity index (χ0) is 20.4. The van der Waals surface area contributed by atoms with Crippen LogP contribution in [0, 0.1) is 5.82 Å². The number of furan rings is 1. The molecular weight excluding hydrogens is 373 g/mol. The number of hydrogen-bond donors (Lipinski definition) is 2. The fourth-order valence-corrected chi connectivity index (χ4v) is 4.59. The molecule has 1 aliphatic heterocycles. The van der Waals surface area contributed by atoms with Crippen molar-refractivity contribution in [3.8, 4) is 0 Å². The molecule has 2 N–H and O–H groups in total. The molecule has 28 heavy (non-hydrogen) atoms. The van der Waals surface area contributed by atoms with Gasteiger partial charge in [-0.15, -0.1) is 0 Å². The van der Waals surface area contributed by atoms with Crippen molar-refractivity contribution in [2.24, 2.45) is 0 Å². The minimum absolute atomic E-state index is 0.0395. The van der Waals surface area contributed by atoms with Gasteiger partial charge in [-0.3, -0.25) is 0 Å². The quantitative estimate of drug-likeness (QED) is 0.714. The number of thiocarbonyl (C=S) groups is 1. The Kier molecular flexibility index (Phi) is 6.10. The Balaban J connectivity index is 1.73. The summed E-state index contributed by atoms with van der Waals surface area (Å²) in [5, 5.41) is 7.97. The zero-order valence-corrected chi connectivity index (χ0v) is 17.9. The van der Waals surface area contributed by atoms with Crippen molar-refractivity contribution in [2.75, 3.05) is 0 Å². The maximum atomic E-state index is 13.3. The Morgan fingerprint density at radius 3 is 2.36 bits per heavy atom. The van der Waals surface area contributed by atoms with E-state index in [1.807, 2.05) is 12.1 Å². The highest BCUT2D eigenvalue weighted by Gasteiger charge is 2.38. The van der Waals surface area contributed by atoms with Crippen LogP contribution in [0.3, 0.4) is 0 Å². The Bertz CT molecular complexity index is 771. The Morgan fingerprint density at radius 2 is 1.79 bits per heavy atom. The van der Waals surface area contributed by atoms with Crippen LogP contribution in [0.15, 0.2) is 47.1 Å². The van der Waals surface area contributed by atoms with Crippen molar-refractivity contribution in [1.82, 2.24) is 15.5 Å². The number of benzene rings is 1. The molecule has 6 heteroatoms. The lowest BCUT2D eigenvalue weighted by Gasteiger charge is -2.47. The van der Waals surface area contributed by atoms with Gasteiger partial charge in [-0.25, -0.2) is 4.39 Å². The van der Waals surface area contributed by atoms with Gasteiger partial charge < -0.3 is 20.0 Å². The number of nitrogens with zero attached hydrogens (tertiary/aromatic N) is 1. The van der Waals surface area contributed by atoms with Crippen LogP contribution in [0.5, 0.6) is 0 Å². The molecule has 1 saturated heterocycles. The van der Waals surface area contributed by atoms with Crippen LogP contribution in [0.1, 0.15) is 51.9 Å². The number of hydrogen-bond acceptors (Lipinski definition) is 3. The van der Waals surface area contributed by atoms with E-state index >= 15 is 0 Å². The predicted molar refractivity (Wildman–Crippen MR) is 114 cm³/mol. The summed E-state index contributed by atoms with van der Waals surface area (Å²) in [6.07, 6.45) is 3.64. The Morgan fingerprint density at radius 1 is 1.14 bits per heavy atom. The van der Waals surface area contributed by atoms with Gasteiger partial charge in [0.05, 0.1) is 12.8 Å². The second-order valence-electron chi connectivity index (χ2n) is 9.01. The zero-order valence-electron chi connectivity index (χ0n) is 17.1. The molecule has 0 bridgehead atoms. The molecule has 1 aromatic carbocycles. The van der Waals surface area contributed by atoms with Crippen LogP contribution in [-0.4, -0.2) is 27.1 Å². The molecule has 1 aromatic heterocycles. The van der Waals surface area contributed by atoms with E-state index in [0.29, 0.717) is 18.2 Å². The monoisotopic (exact) mass is 403 g/mol. The van der Waals surface area contributed by atoms with E-state index in [2.05, 4.69) is 43.2 Å². The largest absolute Gasteiger partial charge is 0.467 e. The molecule has 0 radical (unpaired) electrons. The third-order valence-corrected chi connectivity index (χ3v) is 5.39. The maximum Gasteiger partial charge on any atom is 0.169 e. The molecule has 2 aromatic rings. The van der Waals surface area contributed by atoms with Gasteiger partial charge in [0.1, 0.15) is 11.6 Å². The van der Waals surface area contributed by atoms with Crippen molar-refractivity contribution in [2.45, 2.75) is 70.7 Å². The lowest BCUT2D eigenvalue weighted by atomic mass is 9.80. The Labute approximate surface area is 172 Å². The molecule has 0 atom stereocenters. The van der Waals surface area contributed by atoms with Gasteiger partial charge in [-0.05, 0) is 82.6 Å². The van der Waals surface area contributed by atoms with E-state index in [1.165, 1.54) is 12.1 Å². The molecule has 4 nitrogen and oxygen atoms in total. The van der Waals surface area contributed by atoms with Crippen LogP contribution < -0.4 is 10.6 Å². The molecule has 0 saturated carbocycles. The maximum absolute atomic E-state index is 13.3. The van der Waals surface area contributed by atoms with Crippen molar-refractivity contribution in [1.29, 1.82) is 0 Å². The summed E-state index contributed by atoms with van der Waals surface area (Å²) in [7, 11) is 0. The molecule has 0 amide bonds. The normalized spacial score (nSPS) is 18.6. The predicted octanol–water partition coefficient (Wildman–Crippen LogP) is 4.60. The van der Waals surface area contributed by atoms with Crippen molar-refractivity contribution in [3.63, 3.8) is 0 Å². The second-order valence-corrected chi connectivity index (χ2v) is 9.40. The van der Waals surface area contributed by atoms with Crippen LogP contribution in [-0.2, 0) is 13.1 Å². The fourth-order valence-electron chi connectivity index (χ4n) is 4.29. The Hall–Kier alpha value is -1.92. The van der Waals surface area contributed by atoms with Crippen molar-refractivity contribution in [3.05, 3.63) is 59.8 Å². The van der Waals surface area contributed by atoms with Gasteiger partial charge in [-0.1, -0.05) is 12.1 Å². The number of piperidine rings is 1. The number of rotatable bonds is 5. The van der Waals surface area contributed by atoms with E-state index in [0.717, 1.165) is 24.2 Å². The molecule has 2 heterocycles. The molecule has 0 aliphatic carbocycles. The highest BCUT2D eigenvalue weighted by Crippen LogP contribution is 2.28. The molecule has 152 valence electrons. The van der Waals surface area contributed by atoms with Crippen LogP contribution >= 0.6 is 12.2 Å². The first-order valence-corrected chi connectivity index (χ1v) is 10.1. The second kappa shape index (κ2) is 8.21. The molecule has 1 fully saturated rings. The first kappa shape index (κ1) is 20.8. The van der Waals surface area contributed by atoms with E-state index in [1.54, 1.807) is 18.4 Å². The van der Waals surface area contributed by atoms with E-state index < -0.39 is 0 Å². The summed E-state index contributed by atoms with van der Waals surface area (Å²) in [5.74, 6) is 0.610. The lowest BCUT2D eigenvalue weighted by molar-refractivity contribution is 0.153. The van der Waals surface area contributed by atoms with Gasteiger partial charge in [0.2, 0.25) is 0 Å². The average molecular weight is 404 g/mol. The van der Waals surface area contributed by atoms with E-state index in [-0.39, 0.29) is 22.9 Å². The SMILES string of the molecule is CC1(C)CC(NC(=S)N(Cc2ccc(F)cc2)Cc2ccco2)CC(C)(C)N1. The van der Waals surface area contributed by atoms with E-state index in [9.17, 15) is 4.39 Å². The molecule has 0 unspecified atom stereocenters. The average Bonchev–Trinajstić information content (AvgIpc) is 3.06. The molecule has 0 spiro atoms. The molecule has 3 rings (SSSR count). The third-order valence-electron chi connectivity index (χ3n) is 5.02. The summed E-state index contributed by atoms with van der Waals surface area (Å²) in [6, 6.07) is 10.7. The number of halogens is 1. The van der Waals surface area contributed by atoms with Gasteiger partial charge in [-0.2, -0.15) is 0 Å². The molecular formula is C22H30FN3OS. The van der Waals surface area contributed by atoms with Crippen molar-refractivity contribution < 1.29 is 8.81 Å². The smallest absolute Gasteiger partial charge is 0.169 e. The fraction of sp³-hybridized carbons (Fsp3) is 0.500. The van der Waals surface area contributed by atoms with Gasteiger partial charge in [0, 0.05) is 23.7 Å². The summed E-state index contributed by atoms with van der Waals surface area (Å²) in [6.45, 7) is 10.1. The lowest BCUT2D eigenvalue weighted by Crippen LogP contribution is -2.62. The standard InChI is InChI=1S/C22H30FN3OS/c1-21(2)12-18(13-22(3,4)25-21)24-20(28)26(15-19-6-5-11-27-19)14-16-7-9-17(23)10-8-16/h5-11,18,25H,12-15H2,1-4H3,(H,24,28). The minimum atomic E-state index is -0.235. The molecule has 1 aliphatic rings. The highest BCUT2D eigenvalue weighted by molar-refractivity contribution is 7.80. The number of nitrogens with one attached hydrogen (secondary N) is 2. The van der Waals surface area contributed by atoms with Gasteiger partial charge >= 0.3 is 0 Å². The first-order chi connectivity index (χ1) is 13.1. The van der Waals surface area contributed by atoms with Crippen LogP contribution in [0.4, 0.5) is 4.39 Å². The van der Waals surface area contributed by atoms with Crippen LogP contribution in [0.25, 0.3) is 0 Å². The first-order valence-electron chi connectivity index (χ1n) is 9.74. The van der Waals surface area contributed by atoms with Crippen molar-refractivity contribution >= 4 is 17.3 Å². The summed E-state index contributed by atoms with van der Waals surface area (Å²) >= 11 is 5.78. The minimum Gasteiger partial charge on any atom is -0.467 e. The van der Waals surface area contributed by atoms with Gasteiger partial charge in [0.15, 0.2) is 5.11 Å². The highest BCUT2D eigenvalue weighted by atomic mass is 32.1. The third kappa shape index (κ3) is 5.79. The van der Waals surface area contributed by atoms with Gasteiger partial charge in [0.25, 0.3) is 0 Å². The topological polar surface area (TPSA) is 40.4 Å². The summed E-state index contributed by atoms with van der Waals surface area (Å²) < 4.78 is 18.8. The van der Waals surface area contributed by atoms with Crippen LogP contribution in [0.2, 0.25) is 0 Å². The van der Waals surface area contributed by atoms with E-state index in [4.69, 9.17) is 16.6 Å².